The highest BCUT2D eigenvalue weighted by Gasteiger charge is 2.44. The zero-order chi connectivity index (χ0) is 14.3. The highest BCUT2D eigenvalue weighted by molar-refractivity contribution is 5.95. The molecule has 2 atom stereocenters. The number of rotatable bonds is 3. The van der Waals surface area contributed by atoms with Gasteiger partial charge in [0.1, 0.15) is 0 Å². The predicted octanol–water partition coefficient (Wildman–Crippen LogP) is 0.861. The topological polar surface area (TPSA) is 68.9 Å². The summed E-state index contributed by atoms with van der Waals surface area (Å²) in [4.78, 5) is 23.4. The van der Waals surface area contributed by atoms with Gasteiger partial charge in [0, 0.05) is 38.5 Å². The lowest BCUT2D eigenvalue weighted by Crippen LogP contribution is -2.19. The third-order valence-corrected chi connectivity index (χ3v) is 3.63. The first kappa shape index (κ1) is 12.7. The lowest BCUT2D eigenvalue weighted by atomic mass is 10.2. The van der Waals surface area contributed by atoms with Crippen LogP contribution in [0.4, 0.5) is 5.69 Å². The van der Waals surface area contributed by atoms with Crippen molar-refractivity contribution in [3.63, 3.8) is 0 Å². The molecule has 0 aliphatic heterocycles. The van der Waals surface area contributed by atoms with Crippen molar-refractivity contribution < 1.29 is 4.79 Å². The number of aryl methyl sites for hydroxylation is 2. The van der Waals surface area contributed by atoms with E-state index in [1.807, 2.05) is 19.4 Å². The number of aromatic nitrogens is 3. The van der Waals surface area contributed by atoms with E-state index in [0.29, 0.717) is 5.69 Å². The van der Waals surface area contributed by atoms with Crippen LogP contribution in [0.15, 0.2) is 35.5 Å². The van der Waals surface area contributed by atoms with Crippen molar-refractivity contribution in [2.24, 2.45) is 20.0 Å². The van der Waals surface area contributed by atoms with Crippen LogP contribution < -0.4 is 10.9 Å². The van der Waals surface area contributed by atoms with Gasteiger partial charge in [-0.1, -0.05) is 0 Å². The van der Waals surface area contributed by atoms with Crippen LogP contribution in [0.3, 0.4) is 0 Å². The normalized spacial score (nSPS) is 20.7. The maximum absolute atomic E-state index is 12.1. The number of anilines is 1. The van der Waals surface area contributed by atoms with Gasteiger partial charge in [-0.25, -0.2) is 0 Å². The minimum Gasteiger partial charge on any atom is -0.325 e. The molecule has 1 aliphatic carbocycles. The molecule has 20 heavy (non-hydrogen) atoms. The van der Waals surface area contributed by atoms with Crippen LogP contribution in [0.1, 0.15) is 17.9 Å². The summed E-state index contributed by atoms with van der Waals surface area (Å²) in [6, 6.07) is 3.07. The van der Waals surface area contributed by atoms with Crippen molar-refractivity contribution in [2.45, 2.75) is 12.3 Å². The molecule has 2 heterocycles. The second-order valence-corrected chi connectivity index (χ2v) is 5.25. The van der Waals surface area contributed by atoms with E-state index in [0.717, 1.165) is 12.0 Å². The number of pyridine rings is 1. The molecule has 1 fully saturated rings. The number of carbonyl (C=O) groups excluding carboxylic acids is 1. The largest absolute Gasteiger partial charge is 0.325 e. The first-order valence-corrected chi connectivity index (χ1v) is 6.50. The van der Waals surface area contributed by atoms with Crippen molar-refractivity contribution in [2.75, 3.05) is 5.32 Å². The predicted molar refractivity (Wildman–Crippen MR) is 74.4 cm³/mol. The monoisotopic (exact) mass is 272 g/mol. The smallest absolute Gasteiger partial charge is 0.250 e. The summed E-state index contributed by atoms with van der Waals surface area (Å²) in [6.45, 7) is 0. The molecular formula is C14H16N4O2. The van der Waals surface area contributed by atoms with Crippen LogP contribution >= 0.6 is 0 Å². The number of nitrogens with one attached hydrogen (secondary N) is 1. The first-order valence-electron chi connectivity index (χ1n) is 6.50. The maximum atomic E-state index is 12.1. The fourth-order valence-electron chi connectivity index (χ4n) is 2.39. The van der Waals surface area contributed by atoms with E-state index >= 15 is 0 Å². The van der Waals surface area contributed by atoms with Crippen LogP contribution in [0.2, 0.25) is 0 Å². The van der Waals surface area contributed by atoms with E-state index in [1.165, 1.54) is 10.6 Å². The molecule has 2 aromatic rings. The minimum absolute atomic E-state index is 0.00231. The van der Waals surface area contributed by atoms with Crippen LogP contribution in [-0.2, 0) is 18.9 Å². The molecule has 104 valence electrons. The Labute approximate surface area is 116 Å². The molecule has 0 unspecified atom stereocenters. The second kappa shape index (κ2) is 4.63. The molecule has 0 spiro atoms. The zero-order valence-electron chi connectivity index (χ0n) is 11.4. The highest BCUT2D eigenvalue weighted by atomic mass is 16.2. The molecule has 1 N–H and O–H groups in total. The minimum atomic E-state index is -0.0948. The van der Waals surface area contributed by atoms with Crippen molar-refractivity contribution in [3.05, 3.63) is 46.6 Å². The Morgan fingerprint density at radius 3 is 2.80 bits per heavy atom. The third-order valence-electron chi connectivity index (χ3n) is 3.63. The number of hydrogen-bond acceptors (Lipinski definition) is 3. The fraction of sp³-hybridized carbons (Fsp3) is 0.357. The van der Waals surface area contributed by atoms with Crippen molar-refractivity contribution in [1.29, 1.82) is 0 Å². The van der Waals surface area contributed by atoms with Gasteiger partial charge in [0.15, 0.2) is 0 Å². The van der Waals surface area contributed by atoms with Crippen LogP contribution in [0.25, 0.3) is 0 Å². The average Bonchev–Trinajstić information content (AvgIpc) is 3.10. The van der Waals surface area contributed by atoms with E-state index in [1.54, 1.807) is 24.0 Å². The van der Waals surface area contributed by atoms with E-state index in [4.69, 9.17) is 0 Å². The Hall–Kier alpha value is -2.37. The molecule has 2 aromatic heterocycles. The summed E-state index contributed by atoms with van der Waals surface area (Å²) in [5, 5.41) is 6.98. The molecule has 6 heteroatoms. The van der Waals surface area contributed by atoms with Crippen molar-refractivity contribution in [3.8, 4) is 0 Å². The van der Waals surface area contributed by atoms with E-state index in [2.05, 4.69) is 10.4 Å². The van der Waals surface area contributed by atoms with Gasteiger partial charge in [-0.05, 0) is 24.0 Å². The highest BCUT2D eigenvalue weighted by Crippen LogP contribution is 2.47. The molecule has 0 radical (unpaired) electrons. The van der Waals surface area contributed by atoms with Crippen LogP contribution in [0, 0.1) is 5.92 Å². The van der Waals surface area contributed by atoms with E-state index < -0.39 is 0 Å². The number of amides is 1. The molecule has 6 nitrogen and oxygen atoms in total. The molecule has 0 bridgehead atoms. The maximum Gasteiger partial charge on any atom is 0.250 e. The Morgan fingerprint density at radius 1 is 1.35 bits per heavy atom. The van der Waals surface area contributed by atoms with E-state index in [9.17, 15) is 9.59 Å². The summed E-state index contributed by atoms with van der Waals surface area (Å²) < 4.78 is 3.19. The second-order valence-electron chi connectivity index (χ2n) is 5.25. The quantitative estimate of drug-likeness (QED) is 0.901. The molecule has 1 saturated carbocycles. The Bertz CT molecular complexity index is 716. The zero-order valence-corrected chi connectivity index (χ0v) is 11.4. The van der Waals surface area contributed by atoms with Gasteiger partial charge in [0.05, 0.1) is 11.9 Å². The third kappa shape index (κ3) is 2.36. The molecule has 1 amide bonds. The number of hydrogen-bond donors (Lipinski definition) is 1. The summed E-state index contributed by atoms with van der Waals surface area (Å²) in [7, 11) is 3.53. The van der Waals surface area contributed by atoms with Crippen LogP contribution in [0.5, 0.6) is 0 Å². The SMILES string of the molecule is Cn1cc([C@@H]2C[C@@H]2C(=O)Nc2ccc(=O)n(C)c2)cn1. The number of carbonyl (C=O) groups is 1. The lowest BCUT2D eigenvalue weighted by molar-refractivity contribution is -0.117. The molecule has 1 aliphatic rings. The van der Waals surface area contributed by atoms with Crippen molar-refractivity contribution >= 4 is 11.6 Å². The summed E-state index contributed by atoms with van der Waals surface area (Å²) in [5.74, 6) is 0.255. The van der Waals surface area contributed by atoms with Gasteiger partial charge in [0.25, 0.3) is 0 Å². The summed E-state index contributed by atoms with van der Waals surface area (Å²) in [5.41, 5.74) is 1.66. The molecule has 0 aromatic carbocycles. The Balaban J connectivity index is 1.66. The van der Waals surface area contributed by atoms with Gasteiger partial charge >= 0.3 is 0 Å². The average molecular weight is 272 g/mol. The fourth-order valence-corrected chi connectivity index (χ4v) is 2.39. The summed E-state index contributed by atoms with van der Waals surface area (Å²) >= 11 is 0. The van der Waals surface area contributed by atoms with E-state index in [-0.39, 0.29) is 23.3 Å². The standard InChI is InChI=1S/C14H16N4O2/c1-17-8-10(3-4-13(17)19)16-14(20)12-5-11(12)9-6-15-18(2)7-9/h3-4,6-8,11-12H,5H2,1-2H3,(H,16,20)/t11-,12-/m0/s1. The van der Waals surface area contributed by atoms with Gasteiger partial charge < -0.3 is 9.88 Å². The first-order chi connectivity index (χ1) is 9.54. The Kier molecular flexibility index (Phi) is 2.93. The molecule has 3 rings (SSSR count). The summed E-state index contributed by atoms with van der Waals surface area (Å²) in [6.07, 6.45) is 6.24. The Morgan fingerprint density at radius 2 is 2.15 bits per heavy atom. The number of nitrogens with zero attached hydrogens (tertiary/aromatic N) is 3. The van der Waals surface area contributed by atoms with Gasteiger partial charge in [0.2, 0.25) is 11.5 Å². The van der Waals surface area contributed by atoms with Crippen LogP contribution in [-0.4, -0.2) is 20.3 Å². The lowest BCUT2D eigenvalue weighted by Gasteiger charge is -2.06. The van der Waals surface area contributed by atoms with Gasteiger partial charge in [-0.3, -0.25) is 14.3 Å². The molecule has 0 saturated heterocycles. The van der Waals surface area contributed by atoms with Crippen molar-refractivity contribution in [1.82, 2.24) is 14.3 Å². The van der Waals surface area contributed by atoms with Gasteiger partial charge in [-0.2, -0.15) is 5.10 Å². The van der Waals surface area contributed by atoms with Gasteiger partial charge in [-0.15, -0.1) is 0 Å². The molecular weight excluding hydrogens is 256 g/mol.